The molecular weight excluding hydrogens is 328 g/mol. The zero-order valence-electron chi connectivity index (χ0n) is 12.8. The van der Waals surface area contributed by atoms with E-state index in [0.717, 1.165) is 16.9 Å². The normalized spacial score (nSPS) is 10.7. The average Bonchev–Trinajstić information content (AvgIpc) is 3.07. The van der Waals surface area contributed by atoms with Crippen molar-refractivity contribution in [2.45, 2.75) is 13.5 Å². The molecule has 0 saturated carbocycles. The summed E-state index contributed by atoms with van der Waals surface area (Å²) in [6.07, 6.45) is 0. The van der Waals surface area contributed by atoms with Crippen molar-refractivity contribution in [2.24, 2.45) is 0 Å². The lowest BCUT2D eigenvalue weighted by molar-refractivity contribution is 0.0696. The average molecular weight is 342 g/mol. The fourth-order valence-electron chi connectivity index (χ4n) is 2.35. The lowest BCUT2D eigenvalue weighted by Crippen LogP contribution is -2.26. The van der Waals surface area contributed by atoms with E-state index in [9.17, 15) is 9.59 Å². The molecule has 122 valence electrons. The molecule has 0 radical (unpaired) electrons. The predicted molar refractivity (Wildman–Crippen MR) is 92.1 cm³/mol. The molecule has 1 aromatic carbocycles. The summed E-state index contributed by atoms with van der Waals surface area (Å²) < 4.78 is 1.28. The van der Waals surface area contributed by atoms with Gasteiger partial charge in [-0.15, -0.1) is 11.3 Å². The summed E-state index contributed by atoms with van der Waals surface area (Å²) in [4.78, 5) is 27.5. The Labute approximate surface area is 141 Å². The zero-order chi connectivity index (χ0) is 17.3. The van der Waals surface area contributed by atoms with Crippen LogP contribution in [0, 0.1) is 0 Å². The molecule has 0 atom stereocenters. The topological polar surface area (TPSA) is 111 Å². The maximum atomic E-state index is 12.4. The molecule has 0 aliphatic carbocycles. The number of carboxylic acids is 1. The van der Waals surface area contributed by atoms with Crippen LogP contribution >= 0.6 is 11.3 Å². The smallest absolute Gasteiger partial charge is 0.365 e. The van der Waals surface area contributed by atoms with E-state index in [1.54, 1.807) is 12.3 Å². The Bertz CT molecular complexity index is 963. The summed E-state index contributed by atoms with van der Waals surface area (Å²) in [6, 6.07) is 9.26. The summed E-state index contributed by atoms with van der Waals surface area (Å²) in [5, 5.41) is 15.0. The Morgan fingerprint density at radius 2 is 2.04 bits per heavy atom. The Morgan fingerprint density at radius 3 is 2.62 bits per heavy atom. The van der Waals surface area contributed by atoms with Crippen LogP contribution in [-0.2, 0) is 6.54 Å². The van der Waals surface area contributed by atoms with Crippen molar-refractivity contribution in [3.05, 3.63) is 51.1 Å². The maximum Gasteiger partial charge on any atom is 0.365 e. The minimum absolute atomic E-state index is 0.00735. The van der Waals surface area contributed by atoms with Crippen molar-refractivity contribution in [3.63, 3.8) is 0 Å². The minimum Gasteiger partial charge on any atom is -0.476 e. The highest BCUT2D eigenvalue weighted by molar-refractivity contribution is 7.11. The van der Waals surface area contributed by atoms with Gasteiger partial charge in [-0.3, -0.25) is 4.79 Å². The quantitative estimate of drug-likeness (QED) is 0.753. The van der Waals surface area contributed by atoms with Gasteiger partial charge < -0.3 is 10.8 Å². The van der Waals surface area contributed by atoms with E-state index in [2.05, 4.69) is 10.1 Å². The largest absolute Gasteiger partial charge is 0.476 e. The summed E-state index contributed by atoms with van der Waals surface area (Å²) in [6.45, 7) is 2.17. The first kappa shape index (κ1) is 15.9. The van der Waals surface area contributed by atoms with Crippen molar-refractivity contribution in [3.8, 4) is 22.5 Å². The van der Waals surface area contributed by atoms with Crippen molar-refractivity contribution in [1.29, 1.82) is 0 Å². The monoisotopic (exact) mass is 342 g/mol. The number of rotatable bonds is 4. The van der Waals surface area contributed by atoms with E-state index in [4.69, 9.17) is 10.8 Å². The fraction of sp³-hybridized carbons (Fsp3) is 0.125. The first-order valence-corrected chi connectivity index (χ1v) is 8.06. The number of hydrogen-bond acceptors (Lipinski definition) is 6. The number of nitrogen functional groups attached to an aromatic ring is 1. The summed E-state index contributed by atoms with van der Waals surface area (Å²) >= 11 is 0.978. The fourth-order valence-corrected chi connectivity index (χ4v) is 2.99. The van der Waals surface area contributed by atoms with Gasteiger partial charge in [0.25, 0.3) is 5.56 Å². The summed E-state index contributed by atoms with van der Waals surface area (Å²) in [5.74, 6) is -1.12. The first-order valence-electron chi connectivity index (χ1n) is 7.18. The number of aryl methyl sites for hydroxylation is 1. The summed E-state index contributed by atoms with van der Waals surface area (Å²) in [7, 11) is 0. The highest BCUT2D eigenvalue weighted by Gasteiger charge is 2.21. The number of aromatic nitrogens is 3. The second-order valence-electron chi connectivity index (χ2n) is 4.97. The maximum absolute atomic E-state index is 12.4. The Morgan fingerprint density at radius 1 is 1.33 bits per heavy atom. The third-order valence-corrected chi connectivity index (χ3v) is 4.31. The highest BCUT2D eigenvalue weighted by atomic mass is 32.1. The third-order valence-electron chi connectivity index (χ3n) is 3.48. The number of nitrogens with zero attached hydrogens (tertiary/aromatic N) is 3. The molecule has 0 spiro atoms. The molecule has 3 N–H and O–H groups in total. The predicted octanol–water partition coefficient (Wildman–Crippen LogP) is 2.33. The number of benzene rings is 1. The van der Waals surface area contributed by atoms with Crippen molar-refractivity contribution in [1.82, 2.24) is 14.8 Å². The second-order valence-corrected chi connectivity index (χ2v) is 5.83. The number of hydrogen-bond donors (Lipinski definition) is 2. The lowest BCUT2D eigenvalue weighted by atomic mass is 10.0. The van der Waals surface area contributed by atoms with Crippen LogP contribution in [0.5, 0.6) is 0 Å². The van der Waals surface area contributed by atoms with Gasteiger partial charge >= 0.3 is 5.97 Å². The van der Waals surface area contributed by atoms with Crippen LogP contribution in [0.3, 0.4) is 0 Å². The number of anilines is 1. The van der Waals surface area contributed by atoms with E-state index in [1.165, 1.54) is 4.68 Å². The van der Waals surface area contributed by atoms with Gasteiger partial charge in [0.2, 0.25) is 5.01 Å². The molecule has 3 rings (SSSR count). The van der Waals surface area contributed by atoms with Crippen LogP contribution in [0.4, 0.5) is 5.69 Å². The molecule has 0 unspecified atom stereocenters. The molecule has 0 bridgehead atoms. The van der Waals surface area contributed by atoms with Gasteiger partial charge in [-0.05, 0) is 6.92 Å². The number of carboxylic acid groups (broad SMARTS) is 1. The van der Waals surface area contributed by atoms with Gasteiger partial charge in [0, 0.05) is 17.5 Å². The molecular formula is C16H14N4O3S. The van der Waals surface area contributed by atoms with E-state index in [0.29, 0.717) is 23.5 Å². The van der Waals surface area contributed by atoms with E-state index >= 15 is 0 Å². The van der Waals surface area contributed by atoms with Crippen LogP contribution in [0.25, 0.3) is 22.5 Å². The molecule has 2 heterocycles. The van der Waals surface area contributed by atoms with Gasteiger partial charge in [-0.2, -0.15) is 5.10 Å². The van der Waals surface area contributed by atoms with E-state index in [1.807, 2.05) is 30.3 Å². The number of thiazole rings is 1. The number of nitrogens with two attached hydrogens (primary N) is 1. The molecule has 0 amide bonds. The number of carbonyl (C=O) groups is 1. The zero-order valence-corrected chi connectivity index (χ0v) is 13.6. The van der Waals surface area contributed by atoms with Gasteiger partial charge in [-0.1, -0.05) is 30.3 Å². The van der Waals surface area contributed by atoms with Gasteiger partial charge in [0.1, 0.15) is 11.4 Å². The minimum atomic E-state index is -1.12. The SMILES string of the molecule is CCn1nc(-c2ccccc2)c(-c2csc(C(=O)O)n2)c(N)c1=O. The van der Waals surface area contributed by atoms with Crippen molar-refractivity contribution < 1.29 is 9.90 Å². The van der Waals surface area contributed by atoms with Crippen molar-refractivity contribution >= 4 is 23.0 Å². The Kier molecular flexibility index (Phi) is 4.13. The summed E-state index contributed by atoms with van der Waals surface area (Å²) in [5.41, 5.74) is 7.61. The Hall–Kier alpha value is -3.00. The van der Waals surface area contributed by atoms with Crippen LogP contribution in [-0.4, -0.2) is 25.8 Å². The Balaban J connectivity index is 2.32. The van der Waals surface area contributed by atoms with Gasteiger partial charge in [0.05, 0.1) is 11.3 Å². The highest BCUT2D eigenvalue weighted by Crippen LogP contribution is 2.33. The van der Waals surface area contributed by atoms with Crippen LogP contribution in [0.2, 0.25) is 0 Å². The van der Waals surface area contributed by atoms with E-state index < -0.39 is 11.5 Å². The van der Waals surface area contributed by atoms with Gasteiger partial charge in [-0.25, -0.2) is 14.5 Å². The van der Waals surface area contributed by atoms with Crippen LogP contribution in [0.15, 0.2) is 40.5 Å². The van der Waals surface area contributed by atoms with Crippen molar-refractivity contribution in [2.75, 3.05) is 5.73 Å². The lowest BCUT2D eigenvalue weighted by Gasteiger charge is -2.12. The second kappa shape index (κ2) is 6.25. The van der Waals surface area contributed by atoms with E-state index in [-0.39, 0.29) is 10.7 Å². The molecule has 8 heteroatoms. The third kappa shape index (κ3) is 2.67. The first-order chi connectivity index (χ1) is 11.5. The molecule has 3 aromatic rings. The standard InChI is InChI=1S/C16H14N4O3S/c1-2-20-15(21)12(17)11(10-8-24-14(18-10)16(22)23)13(19-20)9-6-4-3-5-7-9/h3-8H,2,17H2,1H3,(H,22,23). The molecule has 0 aliphatic rings. The van der Waals surface area contributed by atoms with Gasteiger partial charge in [0.15, 0.2) is 0 Å². The molecule has 24 heavy (non-hydrogen) atoms. The molecule has 7 nitrogen and oxygen atoms in total. The molecule has 0 fully saturated rings. The molecule has 0 aliphatic heterocycles. The van der Waals surface area contributed by atoms with Crippen LogP contribution < -0.4 is 11.3 Å². The number of aromatic carboxylic acids is 1. The molecule has 2 aromatic heterocycles. The van der Waals surface area contributed by atoms with Crippen LogP contribution in [0.1, 0.15) is 16.7 Å². The molecule has 0 saturated heterocycles.